The summed E-state index contributed by atoms with van der Waals surface area (Å²) in [7, 11) is 0. The molecule has 2 aliphatic rings. The predicted molar refractivity (Wildman–Crippen MR) is 303 cm³/mol. The van der Waals surface area contributed by atoms with Crippen molar-refractivity contribution in [2.45, 2.75) is 215 Å². The summed E-state index contributed by atoms with van der Waals surface area (Å²) in [5, 5.41) is 8.44. The van der Waals surface area contributed by atoms with Gasteiger partial charge in [0.25, 0.3) is 0 Å². The molecule has 414 valence electrons. The molecule has 2 saturated carbocycles. The van der Waals surface area contributed by atoms with Gasteiger partial charge in [0.1, 0.15) is 12.2 Å². The molecule has 0 aromatic heterocycles. The Balaban J connectivity index is -0.000000374. The van der Waals surface area contributed by atoms with Crippen LogP contribution in [-0.4, -0.2) is 48.6 Å². The first-order valence-electron chi connectivity index (χ1n) is 26.9. The molecule has 1 aromatic rings. The van der Waals surface area contributed by atoms with Gasteiger partial charge in [-0.05, 0) is 84.6 Å². The molecule has 0 radical (unpaired) electrons. The number of ether oxygens (including phenoxy) is 6. The molecule has 0 heterocycles. The van der Waals surface area contributed by atoms with E-state index in [1.807, 2.05) is 113 Å². The smallest absolute Gasteiger partial charge is 0.308 e. The van der Waals surface area contributed by atoms with Gasteiger partial charge in [-0.3, -0.25) is 9.59 Å². The molecule has 0 amide bonds. The van der Waals surface area contributed by atoms with E-state index in [0.717, 1.165) is 29.6 Å². The van der Waals surface area contributed by atoms with E-state index < -0.39 is 0 Å². The second-order valence-electron chi connectivity index (χ2n) is 21.9. The Hall–Kier alpha value is -4.14. The number of benzene rings is 1. The molecular formula is C62H112O9. The van der Waals surface area contributed by atoms with Crippen LogP contribution in [0.25, 0.3) is 0 Å². The summed E-state index contributed by atoms with van der Waals surface area (Å²) in [6, 6.07) is 10.1. The van der Waals surface area contributed by atoms with Gasteiger partial charge in [0, 0.05) is 29.6 Å². The van der Waals surface area contributed by atoms with Crippen LogP contribution in [0.3, 0.4) is 0 Å². The standard InChI is InChI=1S/C12H16O.C11H20O2.C10H18O2.C9H18O.C8H16O.C7H14O.C5H10O/c1-10(2)11(3)13-9-12-7-5-4-6-8-12;1-9(2)11(12)13-8-10-6-4-3-5-7-10;1-8(2)10(11)12-7-9-5-3-4-6-9;1-7(2)8(3)10-9(4,5)6;1-6(2)8(5)9-7(3)4;1-5-8-7(4)6(2)3;1-4(2)5(3)6/h4-8,10H,3,9H2,1-2H3;9-10H,3-8H2,1-2H3;8-9H,3-7H2,1-2H3;7H,3H2,1-2,4-6H3;6-7H,5H2,1-4H3;6H,4-5H2,1-3H3;4,6H,3H2,1-2H3. The average Bonchev–Trinajstić information content (AvgIpc) is 3.81. The SMILES string of the molecule is C=C(O)C(C)C.C=C(OC(C)(C)C)C(C)C.C=C(OC(C)C)C(C)C.C=C(OCC)C(C)C.C=C(OCc1ccccc1)C(C)C.CC(C)C(=O)OCC1CCCC1.CC(C)C(=O)OCC1CCCCC1. The zero-order valence-electron chi connectivity index (χ0n) is 49.6. The molecule has 3 rings (SSSR count). The van der Waals surface area contributed by atoms with Gasteiger partial charge < -0.3 is 33.5 Å². The highest BCUT2D eigenvalue weighted by molar-refractivity contribution is 5.71. The predicted octanol–water partition coefficient (Wildman–Crippen LogP) is 18.0. The minimum atomic E-state index is -0.0959. The molecule has 1 N–H and O–H groups in total. The summed E-state index contributed by atoms with van der Waals surface area (Å²) in [6.07, 6.45) is 11.8. The summed E-state index contributed by atoms with van der Waals surface area (Å²) in [6.45, 7) is 61.1. The zero-order valence-corrected chi connectivity index (χ0v) is 49.6. The fourth-order valence-electron chi connectivity index (χ4n) is 5.48. The topological polar surface area (TPSA) is 110 Å². The summed E-state index contributed by atoms with van der Waals surface area (Å²) in [4.78, 5) is 22.2. The molecule has 2 aliphatic carbocycles. The van der Waals surface area contributed by atoms with Crippen LogP contribution in [0.15, 0.2) is 92.0 Å². The lowest BCUT2D eigenvalue weighted by Gasteiger charge is -2.24. The van der Waals surface area contributed by atoms with Crippen LogP contribution in [-0.2, 0) is 44.6 Å². The van der Waals surface area contributed by atoms with E-state index in [2.05, 4.69) is 88.3 Å². The largest absolute Gasteiger partial charge is 0.513 e. The Kier molecular flexibility index (Phi) is 44.9. The van der Waals surface area contributed by atoms with Crippen molar-refractivity contribution in [2.75, 3.05) is 19.8 Å². The third-order valence-corrected chi connectivity index (χ3v) is 10.7. The third-order valence-electron chi connectivity index (χ3n) is 10.7. The molecule has 0 aliphatic heterocycles. The van der Waals surface area contributed by atoms with E-state index in [1.54, 1.807) is 0 Å². The van der Waals surface area contributed by atoms with Crippen LogP contribution < -0.4 is 0 Å². The number of hydrogen-bond donors (Lipinski definition) is 1. The second-order valence-corrected chi connectivity index (χ2v) is 21.9. The molecule has 71 heavy (non-hydrogen) atoms. The molecule has 0 saturated heterocycles. The van der Waals surface area contributed by atoms with Gasteiger partial charge in [-0.25, -0.2) is 0 Å². The molecule has 9 nitrogen and oxygen atoms in total. The van der Waals surface area contributed by atoms with Crippen molar-refractivity contribution in [2.24, 2.45) is 53.3 Å². The Morgan fingerprint density at radius 1 is 0.521 bits per heavy atom. The molecule has 1 aromatic carbocycles. The molecule has 0 bridgehead atoms. The van der Waals surface area contributed by atoms with Crippen molar-refractivity contribution in [3.05, 3.63) is 97.6 Å². The zero-order chi connectivity index (χ0) is 55.9. The molecule has 9 heteroatoms. The first-order chi connectivity index (χ1) is 32.8. The van der Waals surface area contributed by atoms with Crippen molar-refractivity contribution < 1.29 is 43.1 Å². The van der Waals surface area contributed by atoms with Gasteiger partial charge in [0.15, 0.2) is 0 Å². The molecule has 2 fully saturated rings. The summed E-state index contributed by atoms with van der Waals surface area (Å²) in [5.74, 6) is 6.87. The van der Waals surface area contributed by atoms with Crippen LogP contribution in [0, 0.1) is 53.3 Å². The first kappa shape index (κ1) is 73.4. The lowest BCUT2D eigenvalue weighted by molar-refractivity contribution is -0.149. The van der Waals surface area contributed by atoms with Crippen LogP contribution in [0.5, 0.6) is 0 Å². The molecule has 0 unspecified atom stereocenters. The minimum Gasteiger partial charge on any atom is -0.513 e. The number of esters is 2. The number of hydrogen-bond acceptors (Lipinski definition) is 9. The van der Waals surface area contributed by atoms with Crippen molar-refractivity contribution in [1.29, 1.82) is 0 Å². The molecule has 0 atom stereocenters. The lowest BCUT2D eigenvalue weighted by Crippen LogP contribution is -2.19. The average molecular weight is 1000 g/mol. The Bertz CT molecular complexity index is 1530. The van der Waals surface area contributed by atoms with Crippen LogP contribution in [0.1, 0.15) is 202 Å². The number of carbonyl (C=O) groups is 2. The Labute approximate surface area is 438 Å². The van der Waals surface area contributed by atoms with Gasteiger partial charge in [-0.2, -0.15) is 0 Å². The normalized spacial score (nSPS) is 13.3. The van der Waals surface area contributed by atoms with E-state index in [4.69, 9.17) is 33.5 Å². The quantitative estimate of drug-likeness (QED) is 0.107. The molecule has 0 spiro atoms. The monoisotopic (exact) mass is 1000 g/mol. The number of carbonyl (C=O) groups excluding carboxylic acids is 2. The fraction of sp³-hybridized carbons (Fsp3) is 0.710. The van der Waals surface area contributed by atoms with E-state index in [-0.39, 0.29) is 47.2 Å². The Morgan fingerprint density at radius 3 is 1.13 bits per heavy atom. The number of aliphatic hydroxyl groups excluding tert-OH is 1. The van der Waals surface area contributed by atoms with Crippen molar-refractivity contribution in [1.82, 2.24) is 0 Å². The summed E-state index contributed by atoms with van der Waals surface area (Å²) < 4.78 is 31.8. The van der Waals surface area contributed by atoms with Gasteiger partial charge in [0.2, 0.25) is 0 Å². The van der Waals surface area contributed by atoms with E-state index in [9.17, 15) is 9.59 Å². The van der Waals surface area contributed by atoms with Gasteiger partial charge in [-0.1, -0.05) is 192 Å². The highest BCUT2D eigenvalue weighted by atomic mass is 16.5. The Morgan fingerprint density at radius 2 is 0.873 bits per heavy atom. The summed E-state index contributed by atoms with van der Waals surface area (Å²) in [5.41, 5.74) is 1.09. The van der Waals surface area contributed by atoms with Gasteiger partial charge >= 0.3 is 11.9 Å². The van der Waals surface area contributed by atoms with Crippen LogP contribution in [0.2, 0.25) is 0 Å². The van der Waals surface area contributed by atoms with Gasteiger partial charge in [0.05, 0.1) is 66.6 Å². The summed E-state index contributed by atoms with van der Waals surface area (Å²) >= 11 is 0. The fourth-order valence-corrected chi connectivity index (χ4v) is 5.48. The van der Waals surface area contributed by atoms with E-state index >= 15 is 0 Å². The minimum absolute atomic E-state index is 0.0172. The highest BCUT2D eigenvalue weighted by Crippen LogP contribution is 2.25. The first-order valence-corrected chi connectivity index (χ1v) is 26.9. The maximum Gasteiger partial charge on any atom is 0.308 e. The number of aliphatic hydroxyl groups is 1. The highest BCUT2D eigenvalue weighted by Gasteiger charge is 2.19. The van der Waals surface area contributed by atoms with Crippen LogP contribution in [0.4, 0.5) is 0 Å². The third kappa shape index (κ3) is 49.2. The van der Waals surface area contributed by atoms with Crippen LogP contribution >= 0.6 is 0 Å². The van der Waals surface area contributed by atoms with Crippen molar-refractivity contribution in [3.63, 3.8) is 0 Å². The van der Waals surface area contributed by atoms with E-state index in [1.165, 1.54) is 63.4 Å². The maximum absolute atomic E-state index is 11.2. The number of rotatable bonds is 19. The van der Waals surface area contributed by atoms with Gasteiger partial charge in [-0.15, -0.1) is 0 Å². The number of allylic oxidation sites excluding steroid dienone is 5. The lowest BCUT2D eigenvalue weighted by atomic mass is 9.90. The second kappa shape index (κ2) is 43.4. The van der Waals surface area contributed by atoms with Crippen molar-refractivity contribution >= 4 is 11.9 Å². The maximum atomic E-state index is 11.2. The van der Waals surface area contributed by atoms with E-state index in [0.29, 0.717) is 55.3 Å². The molecular weight excluding hydrogens is 889 g/mol. The van der Waals surface area contributed by atoms with Crippen molar-refractivity contribution in [3.8, 4) is 0 Å².